The lowest BCUT2D eigenvalue weighted by Gasteiger charge is -2.15. The van der Waals surface area contributed by atoms with Crippen LogP contribution in [0.2, 0.25) is 5.02 Å². The number of unbranched alkanes of at least 4 members (excludes halogenated alkanes) is 10. The minimum absolute atomic E-state index is 0.277. The van der Waals surface area contributed by atoms with Crippen molar-refractivity contribution in [3.8, 4) is 22.9 Å². The zero-order chi connectivity index (χ0) is 39.2. The summed E-state index contributed by atoms with van der Waals surface area (Å²) in [4.78, 5) is 30.5. The van der Waals surface area contributed by atoms with Crippen molar-refractivity contribution in [2.45, 2.75) is 117 Å². The van der Waals surface area contributed by atoms with Crippen LogP contribution in [0.15, 0.2) is 66.7 Å². The van der Waals surface area contributed by atoms with Gasteiger partial charge in [0.25, 0.3) is 11.8 Å². The average molecular weight is 769 g/mol. The highest BCUT2D eigenvalue weighted by molar-refractivity contribution is 6.34. The van der Waals surface area contributed by atoms with Gasteiger partial charge in [0.1, 0.15) is 16.5 Å². The van der Waals surface area contributed by atoms with E-state index in [-0.39, 0.29) is 17.2 Å². The van der Waals surface area contributed by atoms with Crippen molar-refractivity contribution in [2.75, 3.05) is 23.8 Å². The summed E-state index contributed by atoms with van der Waals surface area (Å²) < 4.78 is 13.4. The molecule has 3 N–H and O–H groups in total. The molecule has 0 spiro atoms. The number of hydrogen-bond donors (Lipinski definition) is 3. The van der Waals surface area contributed by atoms with Gasteiger partial charge >= 0.3 is 0 Å². The molecule has 0 bridgehead atoms. The number of fused-ring (bicyclic) bond motifs is 1. The van der Waals surface area contributed by atoms with Crippen LogP contribution in [0.25, 0.3) is 17.0 Å². The standard InChI is InChI=1S/C44H57ClN6O4/c1-6-8-10-12-14-16-24-54-36-22-18-20-31(28-36)42(52)46-34-26-33(40-48-41-38(45)39(44(3,4)5)49-51(41)50-40)27-35(30-34)47-43(53)32-21-19-23-37(29-32)55-25-17-15-13-11-9-7-2/h18-23,26-30H,6-17,24-25H2,1-5H3,(H,46,52)(H,47,53)(H,48,50). The summed E-state index contributed by atoms with van der Waals surface area (Å²) in [5.74, 6) is 1.12. The van der Waals surface area contributed by atoms with Crippen molar-refractivity contribution >= 4 is 40.4 Å². The molecule has 55 heavy (non-hydrogen) atoms. The Morgan fingerprint density at radius 1 is 0.691 bits per heavy atom. The Hall–Kier alpha value is -4.83. The van der Waals surface area contributed by atoms with Gasteiger partial charge in [0, 0.05) is 33.5 Å². The number of halogens is 1. The van der Waals surface area contributed by atoms with Gasteiger partial charge in [-0.1, -0.05) is 123 Å². The molecule has 0 aliphatic heterocycles. The molecule has 294 valence electrons. The van der Waals surface area contributed by atoms with Crippen LogP contribution in [0, 0.1) is 0 Å². The van der Waals surface area contributed by atoms with Gasteiger partial charge in [-0.25, -0.2) is 0 Å². The summed E-state index contributed by atoms with van der Waals surface area (Å²) in [6.45, 7) is 11.7. The number of aromatic amines is 1. The van der Waals surface area contributed by atoms with Gasteiger partial charge in [0.2, 0.25) is 0 Å². The quantitative estimate of drug-likeness (QED) is 0.0639. The predicted molar refractivity (Wildman–Crippen MR) is 223 cm³/mol. The molecule has 2 amide bonds. The molecule has 2 heterocycles. The Labute approximate surface area is 330 Å². The summed E-state index contributed by atoms with van der Waals surface area (Å²) in [6.07, 6.45) is 14.1. The number of anilines is 2. The van der Waals surface area contributed by atoms with E-state index in [1.54, 1.807) is 42.5 Å². The monoisotopic (exact) mass is 768 g/mol. The number of carbonyl (C=O) groups is 2. The molecular weight excluding hydrogens is 712 g/mol. The summed E-state index contributed by atoms with van der Waals surface area (Å²) in [7, 11) is 0. The molecule has 11 heteroatoms. The lowest BCUT2D eigenvalue weighted by atomic mass is 9.92. The van der Waals surface area contributed by atoms with Crippen LogP contribution in [-0.4, -0.2) is 44.8 Å². The highest BCUT2D eigenvalue weighted by Crippen LogP contribution is 2.33. The first-order valence-electron chi connectivity index (χ1n) is 19.9. The molecule has 2 aromatic heterocycles. The van der Waals surface area contributed by atoms with E-state index < -0.39 is 0 Å². The molecule has 0 saturated carbocycles. The van der Waals surface area contributed by atoms with Crippen molar-refractivity contribution < 1.29 is 19.1 Å². The number of ether oxygens (including phenoxy) is 2. The van der Waals surface area contributed by atoms with E-state index in [1.807, 2.05) is 45.0 Å². The smallest absolute Gasteiger partial charge is 0.255 e. The molecule has 0 radical (unpaired) electrons. The van der Waals surface area contributed by atoms with Crippen molar-refractivity contribution in [3.63, 3.8) is 0 Å². The Morgan fingerprint density at radius 3 is 1.65 bits per heavy atom. The lowest BCUT2D eigenvalue weighted by molar-refractivity contribution is 0.101. The van der Waals surface area contributed by atoms with Gasteiger partial charge in [-0.3, -0.25) is 9.59 Å². The number of aromatic nitrogens is 4. The second-order valence-corrected chi connectivity index (χ2v) is 15.6. The van der Waals surface area contributed by atoms with Crippen LogP contribution in [-0.2, 0) is 5.41 Å². The maximum absolute atomic E-state index is 13.6. The minimum atomic E-state index is -0.318. The number of nitrogens with zero attached hydrogens (tertiary/aromatic N) is 3. The van der Waals surface area contributed by atoms with Crippen LogP contribution in [0.5, 0.6) is 11.5 Å². The first-order chi connectivity index (χ1) is 26.5. The van der Waals surface area contributed by atoms with Crippen molar-refractivity contribution in [1.29, 1.82) is 0 Å². The Balaban J connectivity index is 1.33. The first-order valence-corrected chi connectivity index (χ1v) is 20.3. The van der Waals surface area contributed by atoms with Crippen LogP contribution < -0.4 is 20.1 Å². The Morgan fingerprint density at radius 2 is 1.18 bits per heavy atom. The second kappa shape index (κ2) is 20.2. The lowest BCUT2D eigenvalue weighted by Crippen LogP contribution is -2.15. The van der Waals surface area contributed by atoms with E-state index in [9.17, 15) is 9.59 Å². The fourth-order valence-electron chi connectivity index (χ4n) is 6.32. The van der Waals surface area contributed by atoms with Gasteiger partial charge < -0.3 is 25.1 Å². The van der Waals surface area contributed by atoms with Crippen LogP contribution in [0.4, 0.5) is 11.4 Å². The van der Waals surface area contributed by atoms with Crippen molar-refractivity contribution in [3.05, 3.63) is 88.6 Å². The van der Waals surface area contributed by atoms with E-state index in [4.69, 9.17) is 21.1 Å². The summed E-state index contributed by atoms with van der Waals surface area (Å²) in [5, 5.41) is 15.8. The number of carbonyl (C=O) groups excluding carboxylic acids is 2. The van der Waals surface area contributed by atoms with E-state index in [2.05, 4.69) is 39.7 Å². The Kier molecular flexibility index (Phi) is 15.2. The third kappa shape index (κ3) is 12.1. The summed E-state index contributed by atoms with van der Waals surface area (Å²) in [6, 6.07) is 19.6. The largest absolute Gasteiger partial charge is 0.494 e. The molecule has 5 rings (SSSR count). The Bertz CT molecular complexity index is 1920. The van der Waals surface area contributed by atoms with Gasteiger partial charge in [0.05, 0.1) is 18.9 Å². The number of benzene rings is 3. The number of nitrogens with one attached hydrogen (secondary N) is 3. The fraction of sp³-hybridized carbons (Fsp3) is 0.455. The molecule has 5 aromatic rings. The van der Waals surface area contributed by atoms with Crippen molar-refractivity contribution in [2.24, 2.45) is 0 Å². The third-order valence-electron chi connectivity index (χ3n) is 9.40. The number of amides is 2. The molecule has 0 aliphatic rings. The topological polar surface area (TPSA) is 123 Å². The molecule has 0 aliphatic carbocycles. The average Bonchev–Trinajstić information content (AvgIpc) is 3.73. The van der Waals surface area contributed by atoms with Crippen molar-refractivity contribution in [1.82, 2.24) is 19.8 Å². The first kappa shape index (κ1) is 41.3. The summed E-state index contributed by atoms with van der Waals surface area (Å²) >= 11 is 6.75. The van der Waals surface area contributed by atoms with Crippen LogP contribution in [0.3, 0.4) is 0 Å². The zero-order valence-electron chi connectivity index (χ0n) is 33.1. The highest BCUT2D eigenvalue weighted by atomic mass is 35.5. The van der Waals surface area contributed by atoms with E-state index in [0.29, 0.717) is 69.3 Å². The molecular formula is C44H57ClN6O4. The zero-order valence-corrected chi connectivity index (χ0v) is 33.9. The molecule has 0 unspecified atom stereocenters. The number of hydrogen-bond acceptors (Lipinski definition) is 6. The van der Waals surface area contributed by atoms with Gasteiger partial charge in [0.15, 0.2) is 11.5 Å². The second-order valence-electron chi connectivity index (χ2n) is 15.2. The third-order valence-corrected chi connectivity index (χ3v) is 9.76. The SMILES string of the molecule is CCCCCCCCOc1cccc(C(=O)Nc2cc(NC(=O)c3cccc(OCCCCCCCC)c3)cc(-c3nn4nc(C(C)(C)C)c(Cl)c4[nH]3)c2)c1. The highest BCUT2D eigenvalue weighted by Gasteiger charge is 2.25. The van der Waals surface area contributed by atoms with Crippen LogP contribution in [0.1, 0.15) is 138 Å². The molecule has 0 atom stereocenters. The molecule has 10 nitrogen and oxygen atoms in total. The van der Waals surface area contributed by atoms with Crippen LogP contribution >= 0.6 is 11.6 Å². The van der Waals surface area contributed by atoms with E-state index >= 15 is 0 Å². The summed E-state index contributed by atoms with van der Waals surface area (Å²) in [5.41, 5.74) is 3.44. The minimum Gasteiger partial charge on any atom is -0.494 e. The predicted octanol–water partition coefficient (Wildman–Crippen LogP) is 11.7. The molecule has 0 saturated heterocycles. The number of rotatable bonds is 21. The fourth-order valence-corrected chi connectivity index (χ4v) is 6.77. The van der Waals surface area contributed by atoms with Gasteiger partial charge in [-0.2, -0.15) is 5.10 Å². The maximum Gasteiger partial charge on any atom is 0.255 e. The molecule has 3 aromatic carbocycles. The van der Waals surface area contributed by atoms with Gasteiger partial charge in [-0.05, 0) is 67.4 Å². The van der Waals surface area contributed by atoms with Gasteiger partial charge in [-0.15, -0.1) is 9.73 Å². The normalized spacial score (nSPS) is 11.5. The van der Waals surface area contributed by atoms with E-state index in [0.717, 1.165) is 31.4 Å². The maximum atomic E-state index is 13.6. The van der Waals surface area contributed by atoms with E-state index in [1.165, 1.54) is 56.0 Å². The number of H-pyrrole nitrogens is 1. The molecule has 0 fully saturated rings.